The molecule has 10 nitrogen and oxygen atoms in total. The molecule has 0 radical (unpaired) electrons. The zero-order valence-electron chi connectivity index (χ0n) is 16.7. The average Bonchev–Trinajstić information content (AvgIpc) is 3.06. The fourth-order valence-electron chi connectivity index (χ4n) is 3.29. The summed E-state index contributed by atoms with van der Waals surface area (Å²) >= 11 is 0. The molecule has 4 rings (SSSR count). The monoisotopic (exact) mass is 430 g/mol. The molecule has 158 valence electrons. The molecular weight excluding hydrogens is 408 g/mol. The van der Waals surface area contributed by atoms with Crippen molar-refractivity contribution < 1.29 is 17.9 Å². The predicted molar refractivity (Wildman–Crippen MR) is 108 cm³/mol. The van der Waals surface area contributed by atoms with Crippen molar-refractivity contribution in [3.63, 3.8) is 0 Å². The Balaban J connectivity index is 1.61. The molecule has 0 spiro atoms. The van der Waals surface area contributed by atoms with Gasteiger partial charge in [0.25, 0.3) is 0 Å². The number of methoxy groups -OCH3 is 1. The first kappa shape index (κ1) is 20.4. The molecule has 3 aromatic rings. The topological polar surface area (TPSA) is 122 Å². The van der Waals surface area contributed by atoms with Gasteiger partial charge < -0.3 is 14.0 Å². The highest BCUT2D eigenvalue weighted by Gasteiger charge is 2.30. The lowest BCUT2D eigenvalue weighted by Gasteiger charge is -2.18. The molecule has 11 heteroatoms. The normalized spacial score (nSPS) is 15.7. The molecule has 3 aromatic heterocycles. The number of nitrogens with zero attached hydrogens (tertiary/aromatic N) is 6. The maximum atomic E-state index is 12.8. The molecule has 0 aliphatic carbocycles. The van der Waals surface area contributed by atoms with Crippen molar-refractivity contribution in [3.8, 4) is 17.3 Å². The van der Waals surface area contributed by atoms with Crippen molar-refractivity contribution in [2.24, 2.45) is 0 Å². The number of ether oxygens (including phenoxy) is 2. The fraction of sp³-hybridized carbons (Fsp3) is 0.421. The van der Waals surface area contributed by atoms with Crippen LogP contribution in [0.25, 0.3) is 11.4 Å². The van der Waals surface area contributed by atoms with Crippen LogP contribution in [-0.2, 0) is 26.7 Å². The smallest absolute Gasteiger partial charge is 0.224 e. The van der Waals surface area contributed by atoms with Gasteiger partial charge in [-0.1, -0.05) is 0 Å². The van der Waals surface area contributed by atoms with Crippen LogP contribution >= 0.6 is 0 Å². The first-order valence-corrected chi connectivity index (χ1v) is 11.3. The van der Waals surface area contributed by atoms with Gasteiger partial charge in [0, 0.05) is 32.1 Å². The Morgan fingerprint density at radius 1 is 1.23 bits per heavy atom. The second kappa shape index (κ2) is 8.44. The zero-order chi connectivity index (χ0) is 21.1. The second-order valence-corrected chi connectivity index (χ2v) is 9.29. The lowest BCUT2D eigenvalue weighted by Crippen LogP contribution is -2.24. The van der Waals surface area contributed by atoms with Crippen LogP contribution in [0.1, 0.15) is 23.3 Å². The number of hydrogen-bond donors (Lipinski definition) is 0. The Morgan fingerprint density at radius 3 is 2.80 bits per heavy atom. The molecule has 0 aromatic carbocycles. The summed E-state index contributed by atoms with van der Waals surface area (Å²) in [5, 5.41) is 8.44. The van der Waals surface area contributed by atoms with Crippen LogP contribution in [0.4, 0.5) is 0 Å². The molecule has 4 heterocycles. The number of sulfone groups is 1. The van der Waals surface area contributed by atoms with Gasteiger partial charge in [0.2, 0.25) is 5.88 Å². The molecule has 30 heavy (non-hydrogen) atoms. The highest BCUT2D eigenvalue weighted by atomic mass is 32.2. The summed E-state index contributed by atoms with van der Waals surface area (Å²) in [4.78, 5) is 12.6. The Bertz CT molecular complexity index is 1130. The molecule has 0 amide bonds. The quantitative estimate of drug-likeness (QED) is 0.543. The molecule has 0 saturated heterocycles. The van der Waals surface area contributed by atoms with Crippen LogP contribution < -0.4 is 4.74 Å². The van der Waals surface area contributed by atoms with Gasteiger partial charge in [-0.3, -0.25) is 0 Å². The van der Waals surface area contributed by atoms with E-state index in [2.05, 4.69) is 25.1 Å². The molecule has 0 saturated carbocycles. The average molecular weight is 430 g/mol. The van der Waals surface area contributed by atoms with Gasteiger partial charge in [0.15, 0.2) is 15.7 Å². The third-order valence-corrected chi connectivity index (χ3v) is 6.26. The van der Waals surface area contributed by atoms with E-state index in [1.165, 1.54) is 0 Å². The van der Waals surface area contributed by atoms with E-state index >= 15 is 0 Å². The first-order chi connectivity index (χ1) is 14.5. The molecule has 1 aliphatic heterocycles. The minimum absolute atomic E-state index is 0.0815. The minimum Gasteiger partial charge on any atom is -0.475 e. The van der Waals surface area contributed by atoms with Crippen LogP contribution in [0.3, 0.4) is 0 Å². The summed E-state index contributed by atoms with van der Waals surface area (Å²) < 4.78 is 38.5. The van der Waals surface area contributed by atoms with Crippen molar-refractivity contribution in [1.82, 2.24) is 29.7 Å². The number of rotatable bonds is 7. The van der Waals surface area contributed by atoms with Crippen LogP contribution in [0, 0.1) is 6.92 Å². The van der Waals surface area contributed by atoms with Crippen LogP contribution in [0.5, 0.6) is 5.88 Å². The van der Waals surface area contributed by atoms with Gasteiger partial charge in [0.1, 0.15) is 24.0 Å². The van der Waals surface area contributed by atoms with Gasteiger partial charge in [-0.2, -0.15) is 0 Å². The molecule has 0 bridgehead atoms. The van der Waals surface area contributed by atoms with Crippen LogP contribution in [0.15, 0.2) is 30.7 Å². The molecule has 0 N–H and O–H groups in total. The van der Waals surface area contributed by atoms with Crippen LogP contribution in [-0.4, -0.2) is 64.2 Å². The van der Waals surface area contributed by atoms with Gasteiger partial charge in [-0.05, 0) is 24.6 Å². The number of pyridine rings is 1. The Hall–Kier alpha value is -2.92. The van der Waals surface area contributed by atoms with Gasteiger partial charge >= 0.3 is 0 Å². The van der Waals surface area contributed by atoms with Crippen molar-refractivity contribution >= 4 is 9.84 Å². The van der Waals surface area contributed by atoms with Gasteiger partial charge in [-0.15, -0.1) is 10.2 Å². The van der Waals surface area contributed by atoms with Crippen molar-refractivity contribution in [1.29, 1.82) is 0 Å². The number of hydrogen-bond acceptors (Lipinski definition) is 9. The van der Waals surface area contributed by atoms with Crippen molar-refractivity contribution in [2.45, 2.75) is 25.1 Å². The Morgan fingerprint density at radius 2 is 2.03 bits per heavy atom. The predicted octanol–water partition coefficient (Wildman–Crippen LogP) is 1.18. The van der Waals surface area contributed by atoms with E-state index in [0.29, 0.717) is 35.5 Å². The molecular formula is C19H22N6O4S. The maximum absolute atomic E-state index is 12.8. The SMILES string of the molecule is COC[C@@H]1COc2ncccc2-c2nnc(CS(=O)(=O)CCc3ncc(C)cn3)n21. The van der Waals surface area contributed by atoms with E-state index in [0.717, 1.165) is 5.56 Å². The number of aryl methyl sites for hydroxylation is 2. The number of fused-ring (bicyclic) bond motifs is 3. The minimum atomic E-state index is -3.47. The van der Waals surface area contributed by atoms with Crippen molar-refractivity contribution in [3.05, 3.63) is 47.9 Å². The highest BCUT2D eigenvalue weighted by molar-refractivity contribution is 7.90. The van der Waals surface area contributed by atoms with E-state index < -0.39 is 9.84 Å². The van der Waals surface area contributed by atoms with E-state index in [4.69, 9.17) is 9.47 Å². The lowest BCUT2D eigenvalue weighted by atomic mass is 10.2. The fourth-order valence-corrected chi connectivity index (χ4v) is 4.52. The summed E-state index contributed by atoms with van der Waals surface area (Å²) in [6.07, 6.45) is 5.22. The van der Waals surface area contributed by atoms with Crippen LogP contribution in [0.2, 0.25) is 0 Å². The van der Waals surface area contributed by atoms with Gasteiger partial charge in [0.05, 0.1) is 24.0 Å². The van der Waals surface area contributed by atoms with E-state index in [1.54, 1.807) is 36.3 Å². The summed E-state index contributed by atoms with van der Waals surface area (Å²) in [5.41, 5.74) is 1.59. The molecule has 1 aliphatic rings. The highest BCUT2D eigenvalue weighted by Crippen LogP contribution is 2.33. The Kier molecular flexibility index (Phi) is 5.73. The summed E-state index contributed by atoms with van der Waals surface area (Å²) in [6.45, 7) is 2.47. The molecule has 1 atom stereocenters. The van der Waals surface area contributed by atoms with Gasteiger partial charge in [-0.25, -0.2) is 23.4 Å². The maximum Gasteiger partial charge on any atom is 0.224 e. The lowest BCUT2D eigenvalue weighted by molar-refractivity contribution is 0.123. The zero-order valence-corrected chi connectivity index (χ0v) is 17.5. The molecule has 0 unspecified atom stereocenters. The standard InChI is InChI=1S/C19H22N6O4S/c1-13-8-21-16(22-9-13)5-7-30(26,27)12-17-23-24-18-15-4-3-6-20-19(15)29-11-14(10-28-2)25(17)18/h3-4,6,8-9,14H,5,7,10-12H2,1-2H3/t14-/m1/s1. The van der Waals surface area contributed by atoms with E-state index in [-0.39, 0.29) is 30.6 Å². The second-order valence-electron chi connectivity index (χ2n) is 7.10. The number of aromatic nitrogens is 6. The van der Waals surface area contributed by atoms with Crippen molar-refractivity contribution in [2.75, 3.05) is 26.1 Å². The summed E-state index contributed by atoms with van der Waals surface area (Å²) in [6, 6.07) is 3.32. The largest absolute Gasteiger partial charge is 0.475 e. The molecule has 0 fully saturated rings. The summed E-state index contributed by atoms with van der Waals surface area (Å²) in [5.74, 6) is 1.47. The first-order valence-electron chi connectivity index (χ1n) is 9.45. The Labute approximate surface area is 174 Å². The van der Waals surface area contributed by atoms with E-state index in [9.17, 15) is 8.42 Å². The summed E-state index contributed by atoms with van der Waals surface area (Å²) in [7, 11) is -1.89. The van der Waals surface area contributed by atoms with E-state index in [1.807, 2.05) is 13.0 Å². The third kappa shape index (κ3) is 4.31. The third-order valence-electron chi connectivity index (χ3n) is 4.74.